The second-order valence-corrected chi connectivity index (χ2v) is 3.42. The standard InChI is InChI=1S/C11H13FN2/c1-7(13-2)9-6-14-11-8(9)4-3-5-10(11)12/h3-7,13-14H,1-2H3. The van der Waals surface area contributed by atoms with E-state index in [0.717, 1.165) is 10.9 Å². The van der Waals surface area contributed by atoms with Crippen LogP contribution in [-0.2, 0) is 0 Å². The van der Waals surface area contributed by atoms with E-state index >= 15 is 0 Å². The molecule has 1 atom stereocenters. The number of halogens is 1. The maximum Gasteiger partial charge on any atom is 0.147 e. The lowest BCUT2D eigenvalue weighted by Crippen LogP contribution is -2.11. The molecule has 0 aliphatic carbocycles. The molecule has 3 heteroatoms. The van der Waals surface area contributed by atoms with E-state index in [1.807, 2.05) is 26.2 Å². The number of H-pyrrole nitrogens is 1. The number of rotatable bonds is 2. The molecular formula is C11H13FN2. The molecule has 1 unspecified atom stereocenters. The minimum atomic E-state index is -0.197. The molecule has 74 valence electrons. The fourth-order valence-electron chi connectivity index (χ4n) is 1.65. The van der Waals surface area contributed by atoms with Gasteiger partial charge in [0.15, 0.2) is 0 Å². The summed E-state index contributed by atoms with van der Waals surface area (Å²) in [7, 11) is 1.89. The Hall–Kier alpha value is -1.35. The van der Waals surface area contributed by atoms with Crippen molar-refractivity contribution in [2.24, 2.45) is 0 Å². The van der Waals surface area contributed by atoms with E-state index in [2.05, 4.69) is 10.3 Å². The molecule has 1 aromatic heterocycles. The van der Waals surface area contributed by atoms with Gasteiger partial charge in [-0.15, -0.1) is 0 Å². The van der Waals surface area contributed by atoms with Gasteiger partial charge in [0, 0.05) is 17.6 Å². The molecule has 2 nitrogen and oxygen atoms in total. The van der Waals surface area contributed by atoms with Gasteiger partial charge in [-0.1, -0.05) is 12.1 Å². The molecule has 2 aromatic rings. The maximum atomic E-state index is 13.3. The smallest absolute Gasteiger partial charge is 0.147 e. The predicted molar refractivity (Wildman–Crippen MR) is 55.7 cm³/mol. The fourth-order valence-corrected chi connectivity index (χ4v) is 1.65. The number of para-hydroxylation sites is 1. The van der Waals surface area contributed by atoms with Gasteiger partial charge < -0.3 is 10.3 Å². The summed E-state index contributed by atoms with van der Waals surface area (Å²) in [5.74, 6) is -0.197. The largest absolute Gasteiger partial charge is 0.358 e. The van der Waals surface area contributed by atoms with E-state index in [-0.39, 0.29) is 11.9 Å². The Morgan fingerprint density at radius 2 is 2.21 bits per heavy atom. The average Bonchev–Trinajstić information content (AvgIpc) is 2.62. The molecule has 0 saturated heterocycles. The second kappa shape index (κ2) is 3.42. The van der Waals surface area contributed by atoms with Gasteiger partial charge in [0.25, 0.3) is 0 Å². The summed E-state index contributed by atoms with van der Waals surface area (Å²) in [5.41, 5.74) is 1.69. The highest BCUT2D eigenvalue weighted by Crippen LogP contribution is 2.25. The van der Waals surface area contributed by atoms with Crippen LogP contribution in [0.3, 0.4) is 0 Å². The molecule has 0 bridgehead atoms. The first-order valence-electron chi connectivity index (χ1n) is 4.67. The van der Waals surface area contributed by atoms with Gasteiger partial charge in [-0.05, 0) is 25.6 Å². The third-order valence-corrected chi connectivity index (χ3v) is 2.60. The fraction of sp³-hybridized carbons (Fsp3) is 0.273. The summed E-state index contributed by atoms with van der Waals surface area (Å²) in [4.78, 5) is 2.96. The molecule has 0 radical (unpaired) electrons. The summed E-state index contributed by atoms with van der Waals surface area (Å²) in [5, 5.41) is 4.09. The van der Waals surface area contributed by atoms with Gasteiger partial charge in [0.1, 0.15) is 5.82 Å². The van der Waals surface area contributed by atoms with E-state index < -0.39 is 0 Å². The summed E-state index contributed by atoms with van der Waals surface area (Å²) < 4.78 is 13.3. The molecule has 2 N–H and O–H groups in total. The normalized spacial score (nSPS) is 13.4. The Labute approximate surface area is 82.1 Å². The van der Waals surface area contributed by atoms with Crippen molar-refractivity contribution in [1.82, 2.24) is 10.3 Å². The molecule has 1 heterocycles. The lowest BCUT2D eigenvalue weighted by molar-refractivity contribution is 0.637. The highest BCUT2D eigenvalue weighted by Gasteiger charge is 2.10. The number of fused-ring (bicyclic) bond motifs is 1. The van der Waals surface area contributed by atoms with E-state index in [9.17, 15) is 4.39 Å². The number of aromatic nitrogens is 1. The first-order valence-corrected chi connectivity index (χ1v) is 4.67. The Morgan fingerprint density at radius 3 is 2.93 bits per heavy atom. The van der Waals surface area contributed by atoms with E-state index in [0.29, 0.717) is 5.52 Å². The van der Waals surface area contributed by atoms with Crippen molar-refractivity contribution in [2.45, 2.75) is 13.0 Å². The lowest BCUT2D eigenvalue weighted by atomic mass is 10.1. The van der Waals surface area contributed by atoms with Gasteiger partial charge >= 0.3 is 0 Å². The zero-order valence-electron chi connectivity index (χ0n) is 8.26. The van der Waals surface area contributed by atoms with Crippen LogP contribution >= 0.6 is 0 Å². The Bertz CT molecular complexity index is 447. The van der Waals surface area contributed by atoms with E-state index in [4.69, 9.17) is 0 Å². The van der Waals surface area contributed by atoms with Crippen LogP contribution in [0.25, 0.3) is 10.9 Å². The zero-order chi connectivity index (χ0) is 10.1. The summed E-state index contributed by atoms with van der Waals surface area (Å²) in [6.07, 6.45) is 1.86. The number of benzene rings is 1. The van der Waals surface area contributed by atoms with Crippen LogP contribution in [0.15, 0.2) is 24.4 Å². The van der Waals surface area contributed by atoms with E-state index in [1.54, 1.807) is 6.07 Å². The van der Waals surface area contributed by atoms with E-state index in [1.165, 1.54) is 6.07 Å². The van der Waals surface area contributed by atoms with Crippen molar-refractivity contribution in [2.75, 3.05) is 7.05 Å². The second-order valence-electron chi connectivity index (χ2n) is 3.42. The SMILES string of the molecule is CNC(C)c1c[nH]c2c(F)cccc12. The Morgan fingerprint density at radius 1 is 1.43 bits per heavy atom. The number of hydrogen-bond acceptors (Lipinski definition) is 1. The Kier molecular flexibility index (Phi) is 2.25. The number of hydrogen-bond donors (Lipinski definition) is 2. The topological polar surface area (TPSA) is 27.8 Å². The highest BCUT2D eigenvalue weighted by atomic mass is 19.1. The summed E-state index contributed by atoms with van der Waals surface area (Å²) in [6, 6.07) is 5.35. The van der Waals surface area contributed by atoms with Crippen LogP contribution in [0.5, 0.6) is 0 Å². The van der Waals surface area contributed by atoms with Crippen molar-refractivity contribution in [3.05, 3.63) is 35.8 Å². The maximum absolute atomic E-state index is 13.3. The van der Waals surface area contributed by atoms with Gasteiger partial charge in [-0.25, -0.2) is 4.39 Å². The van der Waals surface area contributed by atoms with Crippen molar-refractivity contribution < 1.29 is 4.39 Å². The third kappa shape index (κ3) is 1.30. The molecule has 0 aliphatic heterocycles. The van der Waals surface area contributed by atoms with Crippen LogP contribution in [-0.4, -0.2) is 12.0 Å². The lowest BCUT2D eigenvalue weighted by Gasteiger charge is -2.08. The summed E-state index contributed by atoms with van der Waals surface area (Å²) >= 11 is 0. The number of aromatic amines is 1. The number of nitrogens with one attached hydrogen (secondary N) is 2. The first kappa shape index (κ1) is 9.21. The van der Waals surface area contributed by atoms with Crippen LogP contribution in [0.4, 0.5) is 4.39 Å². The van der Waals surface area contributed by atoms with Crippen molar-refractivity contribution in [3.8, 4) is 0 Å². The molecule has 0 saturated carbocycles. The monoisotopic (exact) mass is 192 g/mol. The first-order chi connectivity index (χ1) is 6.74. The van der Waals surface area contributed by atoms with Crippen molar-refractivity contribution in [1.29, 1.82) is 0 Å². The van der Waals surface area contributed by atoms with Crippen LogP contribution < -0.4 is 5.32 Å². The zero-order valence-corrected chi connectivity index (χ0v) is 8.26. The predicted octanol–water partition coefficient (Wildman–Crippen LogP) is 2.59. The van der Waals surface area contributed by atoms with Crippen molar-refractivity contribution >= 4 is 10.9 Å². The van der Waals surface area contributed by atoms with Gasteiger partial charge in [0.05, 0.1) is 5.52 Å². The van der Waals surface area contributed by atoms with Gasteiger partial charge in [-0.3, -0.25) is 0 Å². The minimum absolute atomic E-state index is 0.197. The third-order valence-electron chi connectivity index (χ3n) is 2.60. The molecule has 2 rings (SSSR count). The molecule has 0 fully saturated rings. The molecule has 0 amide bonds. The van der Waals surface area contributed by atoms with Crippen LogP contribution in [0.2, 0.25) is 0 Å². The quantitative estimate of drug-likeness (QED) is 0.752. The molecule has 1 aromatic carbocycles. The Balaban J connectivity index is 2.63. The van der Waals surface area contributed by atoms with Crippen LogP contribution in [0.1, 0.15) is 18.5 Å². The highest BCUT2D eigenvalue weighted by molar-refractivity contribution is 5.84. The minimum Gasteiger partial charge on any atom is -0.358 e. The van der Waals surface area contributed by atoms with Crippen molar-refractivity contribution in [3.63, 3.8) is 0 Å². The average molecular weight is 192 g/mol. The molecular weight excluding hydrogens is 179 g/mol. The molecule has 0 spiro atoms. The summed E-state index contributed by atoms with van der Waals surface area (Å²) in [6.45, 7) is 2.05. The molecule has 14 heavy (non-hydrogen) atoms. The molecule has 0 aliphatic rings. The van der Waals surface area contributed by atoms with Gasteiger partial charge in [0.2, 0.25) is 0 Å². The van der Waals surface area contributed by atoms with Gasteiger partial charge in [-0.2, -0.15) is 0 Å². The van der Waals surface area contributed by atoms with Crippen LogP contribution in [0, 0.1) is 5.82 Å².